The van der Waals surface area contributed by atoms with Gasteiger partial charge in [0.15, 0.2) is 0 Å². The second-order valence-corrected chi connectivity index (χ2v) is 6.57. The molecule has 0 saturated carbocycles. The van der Waals surface area contributed by atoms with Gasteiger partial charge in [0.1, 0.15) is 11.4 Å². The number of carbonyl (C=O) groups excluding carboxylic acids is 1. The SMILES string of the molecule is CCOC(=O)CCCOc1ccc(C(O)(CC)c2cccc(C(F)(F)F)c2)cc1. The summed E-state index contributed by atoms with van der Waals surface area (Å²) in [5.41, 5.74) is -1.71. The Labute approximate surface area is 168 Å². The van der Waals surface area contributed by atoms with Crippen molar-refractivity contribution in [3.05, 3.63) is 65.2 Å². The summed E-state index contributed by atoms with van der Waals surface area (Å²) in [6.07, 6.45) is -3.51. The summed E-state index contributed by atoms with van der Waals surface area (Å²) in [5.74, 6) is 0.264. The molecule has 0 aromatic heterocycles. The fourth-order valence-corrected chi connectivity index (χ4v) is 2.99. The minimum absolute atomic E-state index is 0.179. The molecule has 0 heterocycles. The van der Waals surface area contributed by atoms with Gasteiger partial charge in [0.05, 0.1) is 18.8 Å². The van der Waals surface area contributed by atoms with Gasteiger partial charge >= 0.3 is 12.1 Å². The minimum Gasteiger partial charge on any atom is -0.494 e. The smallest absolute Gasteiger partial charge is 0.416 e. The highest BCUT2D eigenvalue weighted by molar-refractivity contribution is 5.69. The molecular formula is C22H25F3O4. The van der Waals surface area contributed by atoms with Crippen LogP contribution in [0.25, 0.3) is 0 Å². The van der Waals surface area contributed by atoms with Crippen molar-refractivity contribution in [3.63, 3.8) is 0 Å². The number of carbonyl (C=O) groups is 1. The molecule has 7 heteroatoms. The van der Waals surface area contributed by atoms with Crippen LogP contribution in [0, 0.1) is 0 Å². The lowest BCUT2D eigenvalue weighted by molar-refractivity contribution is -0.143. The van der Waals surface area contributed by atoms with Gasteiger partial charge in [0.25, 0.3) is 0 Å². The molecule has 0 fully saturated rings. The number of benzene rings is 2. The molecule has 1 unspecified atom stereocenters. The zero-order chi connectivity index (χ0) is 21.5. The van der Waals surface area contributed by atoms with Crippen LogP contribution in [-0.4, -0.2) is 24.3 Å². The standard InChI is InChI=1S/C22H25F3O4/c1-3-21(27,17-7-5-8-18(15-17)22(23,24)25)16-10-12-19(13-11-16)29-14-6-9-20(26)28-4-2/h5,7-8,10-13,15,27H,3-4,6,9,14H2,1-2H3. The molecule has 0 aliphatic heterocycles. The summed E-state index contributed by atoms with van der Waals surface area (Å²) in [7, 11) is 0. The summed E-state index contributed by atoms with van der Waals surface area (Å²) in [6, 6.07) is 11.3. The lowest BCUT2D eigenvalue weighted by atomic mass is 9.83. The first-order valence-corrected chi connectivity index (χ1v) is 9.49. The molecule has 1 atom stereocenters. The van der Waals surface area contributed by atoms with Crippen molar-refractivity contribution in [3.8, 4) is 5.75 Å². The summed E-state index contributed by atoms with van der Waals surface area (Å²) < 4.78 is 49.5. The average Bonchev–Trinajstić information content (AvgIpc) is 2.71. The number of hydrogen-bond acceptors (Lipinski definition) is 4. The Bertz CT molecular complexity index is 802. The minimum atomic E-state index is -4.48. The normalized spacial score (nSPS) is 13.6. The molecule has 1 N–H and O–H groups in total. The van der Waals surface area contributed by atoms with Crippen LogP contribution in [-0.2, 0) is 21.3 Å². The van der Waals surface area contributed by atoms with E-state index in [0.29, 0.717) is 30.9 Å². The average molecular weight is 410 g/mol. The lowest BCUT2D eigenvalue weighted by Gasteiger charge is -2.29. The molecule has 2 rings (SSSR count). The van der Waals surface area contributed by atoms with E-state index in [9.17, 15) is 23.1 Å². The van der Waals surface area contributed by atoms with Crippen molar-refractivity contribution in [2.75, 3.05) is 13.2 Å². The number of alkyl halides is 3. The predicted octanol–water partition coefficient (Wildman–Crippen LogP) is 5.07. The summed E-state index contributed by atoms with van der Waals surface area (Å²) in [6.45, 7) is 4.12. The predicted molar refractivity (Wildman–Crippen MR) is 103 cm³/mol. The fourth-order valence-electron chi connectivity index (χ4n) is 2.99. The molecule has 0 bridgehead atoms. The Hall–Kier alpha value is -2.54. The van der Waals surface area contributed by atoms with E-state index < -0.39 is 17.3 Å². The molecule has 2 aromatic rings. The van der Waals surface area contributed by atoms with Crippen molar-refractivity contribution in [2.45, 2.75) is 44.9 Å². The van der Waals surface area contributed by atoms with Gasteiger partial charge in [-0.3, -0.25) is 4.79 Å². The number of esters is 1. The Balaban J connectivity index is 2.09. The quantitative estimate of drug-likeness (QED) is 0.463. The van der Waals surface area contributed by atoms with Crippen molar-refractivity contribution in [1.82, 2.24) is 0 Å². The van der Waals surface area contributed by atoms with E-state index >= 15 is 0 Å². The first-order valence-electron chi connectivity index (χ1n) is 9.49. The topological polar surface area (TPSA) is 55.8 Å². The van der Waals surface area contributed by atoms with Crippen molar-refractivity contribution >= 4 is 5.97 Å². The molecule has 0 spiro atoms. The van der Waals surface area contributed by atoms with Gasteiger partial charge in [-0.2, -0.15) is 13.2 Å². The second kappa shape index (κ2) is 9.78. The summed E-state index contributed by atoms with van der Waals surface area (Å²) in [5, 5.41) is 11.1. The Morgan fingerprint density at radius 1 is 1.00 bits per heavy atom. The van der Waals surface area contributed by atoms with Gasteiger partial charge in [0.2, 0.25) is 0 Å². The summed E-state index contributed by atoms with van der Waals surface area (Å²) in [4.78, 5) is 11.3. The van der Waals surface area contributed by atoms with Gasteiger partial charge in [-0.1, -0.05) is 31.2 Å². The molecular weight excluding hydrogens is 385 g/mol. The van der Waals surface area contributed by atoms with Crippen molar-refractivity contribution in [2.24, 2.45) is 0 Å². The van der Waals surface area contributed by atoms with Gasteiger partial charge in [-0.05, 0) is 55.2 Å². The molecule has 0 aliphatic rings. The third-order valence-electron chi connectivity index (χ3n) is 4.61. The van der Waals surface area contributed by atoms with E-state index in [2.05, 4.69) is 0 Å². The van der Waals surface area contributed by atoms with E-state index in [4.69, 9.17) is 9.47 Å². The molecule has 0 saturated heterocycles. The fraction of sp³-hybridized carbons (Fsp3) is 0.409. The van der Waals surface area contributed by atoms with E-state index in [-0.39, 0.29) is 24.4 Å². The van der Waals surface area contributed by atoms with Gasteiger partial charge in [-0.15, -0.1) is 0 Å². The Kier molecular flexibility index (Phi) is 7.67. The number of aliphatic hydroxyl groups is 1. The van der Waals surface area contributed by atoms with Crippen molar-refractivity contribution in [1.29, 1.82) is 0 Å². The molecule has 0 amide bonds. The first-order chi connectivity index (χ1) is 13.7. The number of rotatable bonds is 9. The van der Waals surface area contributed by atoms with Crippen LogP contribution >= 0.6 is 0 Å². The lowest BCUT2D eigenvalue weighted by Crippen LogP contribution is -2.26. The first kappa shape index (κ1) is 22.7. The maximum atomic E-state index is 13.0. The van der Waals surface area contributed by atoms with Crippen LogP contribution in [0.2, 0.25) is 0 Å². The summed E-state index contributed by atoms with van der Waals surface area (Å²) >= 11 is 0. The van der Waals surface area contributed by atoms with Crippen LogP contribution in [0.1, 0.15) is 49.8 Å². The van der Waals surface area contributed by atoms with Crippen LogP contribution in [0.5, 0.6) is 5.75 Å². The van der Waals surface area contributed by atoms with E-state index in [1.54, 1.807) is 38.1 Å². The highest BCUT2D eigenvalue weighted by Crippen LogP contribution is 2.37. The van der Waals surface area contributed by atoms with Crippen molar-refractivity contribution < 1.29 is 32.5 Å². The van der Waals surface area contributed by atoms with Crippen LogP contribution in [0.3, 0.4) is 0 Å². The van der Waals surface area contributed by atoms with Gasteiger partial charge < -0.3 is 14.6 Å². The number of hydrogen-bond donors (Lipinski definition) is 1. The van der Waals surface area contributed by atoms with Crippen LogP contribution in [0.4, 0.5) is 13.2 Å². The van der Waals surface area contributed by atoms with Crippen LogP contribution < -0.4 is 4.74 Å². The maximum absolute atomic E-state index is 13.0. The molecule has 4 nitrogen and oxygen atoms in total. The zero-order valence-corrected chi connectivity index (χ0v) is 16.5. The zero-order valence-electron chi connectivity index (χ0n) is 16.5. The third-order valence-corrected chi connectivity index (χ3v) is 4.61. The Morgan fingerprint density at radius 3 is 2.24 bits per heavy atom. The van der Waals surface area contributed by atoms with Gasteiger partial charge in [0, 0.05) is 6.42 Å². The monoisotopic (exact) mass is 410 g/mol. The molecule has 158 valence electrons. The molecule has 29 heavy (non-hydrogen) atoms. The Morgan fingerprint density at radius 2 is 1.66 bits per heavy atom. The maximum Gasteiger partial charge on any atom is 0.416 e. The second-order valence-electron chi connectivity index (χ2n) is 6.57. The van der Waals surface area contributed by atoms with E-state index in [0.717, 1.165) is 12.1 Å². The molecule has 0 aliphatic carbocycles. The van der Waals surface area contributed by atoms with Crippen LogP contribution in [0.15, 0.2) is 48.5 Å². The third kappa shape index (κ3) is 5.97. The van der Waals surface area contributed by atoms with Gasteiger partial charge in [-0.25, -0.2) is 0 Å². The highest BCUT2D eigenvalue weighted by atomic mass is 19.4. The largest absolute Gasteiger partial charge is 0.494 e. The molecule has 0 radical (unpaired) electrons. The van der Waals surface area contributed by atoms with E-state index in [1.165, 1.54) is 12.1 Å². The number of halogens is 3. The number of ether oxygens (including phenoxy) is 2. The molecule has 2 aromatic carbocycles. The van der Waals surface area contributed by atoms with E-state index in [1.807, 2.05) is 0 Å². The highest BCUT2D eigenvalue weighted by Gasteiger charge is 2.34.